The van der Waals surface area contributed by atoms with E-state index in [9.17, 15) is 24.0 Å². The lowest BCUT2D eigenvalue weighted by Gasteiger charge is -2.37. The van der Waals surface area contributed by atoms with Crippen molar-refractivity contribution in [3.63, 3.8) is 0 Å². The quantitative estimate of drug-likeness (QED) is 0.335. The standard InChI is InChI=1S/C36H48ClN5O7/c1-22-17-27(11-12-28(22)37)39-33(45)29(15-16-38-35(47)49-36(4,5)6)40-34(46)30-18-25-9-7-8-10-26(25)21-42(30)32(44)14-13-31(43)41-19-23(2)48-24(3)20-41/h7-12,17,23-24,29-30H,13-16,18-21H2,1-6H3,(H,38,47)(H,39,45)(H,40,46)/t23-,24+,29-,30-/m0/s1. The zero-order chi connectivity index (χ0) is 35.9. The first-order valence-corrected chi connectivity index (χ1v) is 17.1. The number of nitrogens with one attached hydrogen (secondary N) is 3. The van der Waals surface area contributed by atoms with Crippen LogP contribution in [0.2, 0.25) is 5.02 Å². The summed E-state index contributed by atoms with van der Waals surface area (Å²) in [5, 5.41) is 8.85. The molecule has 0 aromatic heterocycles. The highest BCUT2D eigenvalue weighted by Crippen LogP contribution is 2.25. The van der Waals surface area contributed by atoms with Crippen LogP contribution in [0.25, 0.3) is 0 Å². The Morgan fingerprint density at radius 2 is 1.63 bits per heavy atom. The molecule has 0 unspecified atom stereocenters. The summed E-state index contributed by atoms with van der Waals surface area (Å²) in [7, 11) is 0. The molecule has 1 fully saturated rings. The summed E-state index contributed by atoms with van der Waals surface area (Å²) in [5.41, 5.74) is 2.37. The minimum Gasteiger partial charge on any atom is -0.444 e. The highest BCUT2D eigenvalue weighted by atomic mass is 35.5. The van der Waals surface area contributed by atoms with Crippen LogP contribution in [0.15, 0.2) is 42.5 Å². The zero-order valence-corrected chi connectivity index (χ0v) is 29.9. The van der Waals surface area contributed by atoms with Gasteiger partial charge in [-0.3, -0.25) is 19.2 Å². The van der Waals surface area contributed by atoms with E-state index >= 15 is 0 Å². The normalized spacial score (nSPS) is 19.7. The smallest absolute Gasteiger partial charge is 0.407 e. The number of ether oxygens (including phenoxy) is 2. The largest absolute Gasteiger partial charge is 0.444 e. The van der Waals surface area contributed by atoms with Gasteiger partial charge in [0.25, 0.3) is 0 Å². The van der Waals surface area contributed by atoms with Gasteiger partial charge in [-0.25, -0.2) is 4.79 Å². The van der Waals surface area contributed by atoms with E-state index in [2.05, 4.69) is 16.0 Å². The number of hydrogen-bond donors (Lipinski definition) is 3. The fourth-order valence-corrected chi connectivity index (χ4v) is 6.16. The Hall–Kier alpha value is -4.16. The molecule has 0 radical (unpaired) electrons. The van der Waals surface area contributed by atoms with Crippen LogP contribution >= 0.6 is 11.6 Å². The number of amides is 5. The van der Waals surface area contributed by atoms with Crippen molar-refractivity contribution in [2.45, 2.75) is 104 Å². The highest BCUT2D eigenvalue weighted by molar-refractivity contribution is 6.31. The van der Waals surface area contributed by atoms with Gasteiger partial charge in [0.2, 0.25) is 23.6 Å². The predicted molar refractivity (Wildman–Crippen MR) is 186 cm³/mol. The Balaban J connectivity index is 1.49. The fourth-order valence-electron chi connectivity index (χ4n) is 6.04. The summed E-state index contributed by atoms with van der Waals surface area (Å²) in [5.74, 6) is -1.49. The van der Waals surface area contributed by atoms with E-state index in [1.807, 2.05) is 45.0 Å². The van der Waals surface area contributed by atoms with E-state index in [-0.39, 0.29) is 62.8 Å². The van der Waals surface area contributed by atoms with Crippen LogP contribution in [0, 0.1) is 6.92 Å². The maximum atomic E-state index is 14.0. The number of nitrogens with zero attached hydrogens (tertiary/aromatic N) is 2. The van der Waals surface area contributed by atoms with Crippen molar-refractivity contribution in [2.75, 3.05) is 25.0 Å². The molecule has 2 aliphatic heterocycles. The molecule has 2 aromatic carbocycles. The molecule has 13 heteroatoms. The molecule has 2 heterocycles. The van der Waals surface area contributed by atoms with Crippen LogP contribution in [-0.4, -0.2) is 89.0 Å². The van der Waals surface area contributed by atoms with Crippen molar-refractivity contribution in [3.05, 3.63) is 64.2 Å². The Morgan fingerprint density at radius 3 is 2.29 bits per heavy atom. The van der Waals surface area contributed by atoms with Gasteiger partial charge in [0.1, 0.15) is 17.7 Å². The molecule has 266 valence electrons. The van der Waals surface area contributed by atoms with Crippen LogP contribution in [0.1, 0.15) is 70.6 Å². The van der Waals surface area contributed by atoms with Crippen molar-refractivity contribution in [2.24, 2.45) is 0 Å². The van der Waals surface area contributed by atoms with Gasteiger partial charge in [0.05, 0.1) is 12.2 Å². The molecule has 4 rings (SSSR count). The van der Waals surface area contributed by atoms with Crippen LogP contribution in [0.5, 0.6) is 0 Å². The molecule has 12 nitrogen and oxygen atoms in total. The van der Waals surface area contributed by atoms with Gasteiger partial charge in [-0.15, -0.1) is 0 Å². The average Bonchev–Trinajstić information content (AvgIpc) is 3.02. The second kappa shape index (κ2) is 16.5. The number of morpholine rings is 1. The number of halogens is 1. The number of aryl methyl sites for hydroxylation is 1. The lowest BCUT2D eigenvalue weighted by molar-refractivity contribution is -0.147. The molecular formula is C36H48ClN5O7. The number of anilines is 1. The minimum atomic E-state index is -1.07. The molecule has 0 saturated carbocycles. The number of carbonyl (C=O) groups is 5. The SMILES string of the molecule is Cc1cc(NC(=O)[C@H](CCNC(=O)OC(C)(C)C)NC(=O)[C@@H]2Cc3ccccc3CN2C(=O)CCC(=O)N2C[C@@H](C)O[C@@H](C)C2)ccc1Cl. The molecule has 2 aliphatic rings. The highest BCUT2D eigenvalue weighted by Gasteiger charge is 2.37. The molecule has 0 spiro atoms. The molecule has 0 bridgehead atoms. The summed E-state index contributed by atoms with van der Waals surface area (Å²) in [6, 6.07) is 10.6. The van der Waals surface area contributed by atoms with Gasteiger partial charge >= 0.3 is 6.09 Å². The van der Waals surface area contributed by atoms with Crippen LogP contribution in [0.4, 0.5) is 10.5 Å². The van der Waals surface area contributed by atoms with Crippen LogP contribution in [0.3, 0.4) is 0 Å². The summed E-state index contributed by atoms with van der Waals surface area (Å²) in [6.07, 6.45) is -0.613. The van der Waals surface area contributed by atoms with E-state index in [1.54, 1.807) is 43.9 Å². The van der Waals surface area contributed by atoms with E-state index < -0.39 is 35.6 Å². The fraction of sp³-hybridized carbons (Fsp3) is 0.528. The zero-order valence-electron chi connectivity index (χ0n) is 29.1. The third-order valence-electron chi connectivity index (χ3n) is 8.36. The molecule has 49 heavy (non-hydrogen) atoms. The van der Waals surface area contributed by atoms with Gasteiger partial charge in [0, 0.05) is 56.2 Å². The number of alkyl carbamates (subject to hydrolysis) is 1. The minimum absolute atomic E-state index is 0.00658. The van der Waals surface area contributed by atoms with Gasteiger partial charge in [0.15, 0.2) is 0 Å². The summed E-state index contributed by atoms with van der Waals surface area (Å²) in [6.45, 7) is 12.0. The van der Waals surface area contributed by atoms with Gasteiger partial charge in [-0.2, -0.15) is 0 Å². The average molecular weight is 698 g/mol. The lowest BCUT2D eigenvalue weighted by Crippen LogP contribution is -2.56. The Labute approximate surface area is 293 Å². The summed E-state index contributed by atoms with van der Waals surface area (Å²) >= 11 is 6.16. The van der Waals surface area contributed by atoms with Gasteiger partial charge < -0.3 is 35.2 Å². The monoisotopic (exact) mass is 697 g/mol. The number of hydrogen-bond acceptors (Lipinski definition) is 7. The van der Waals surface area contributed by atoms with E-state index in [0.717, 1.165) is 16.7 Å². The first-order chi connectivity index (χ1) is 23.1. The van der Waals surface area contributed by atoms with Crippen molar-refractivity contribution < 1.29 is 33.4 Å². The van der Waals surface area contributed by atoms with Crippen LogP contribution < -0.4 is 16.0 Å². The summed E-state index contributed by atoms with van der Waals surface area (Å²) in [4.78, 5) is 69.9. The van der Waals surface area contributed by atoms with Crippen molar-refractivity contribution in [1.29, 1.82) is 0 Å². The van der Waals surface area contributed by atoms with E-state index in [0.29, 0.717) is 23.8 Å². The first-order valence-electron chi connectivity index (χ1n) is 16.7. The first kappa shape index (κ1) is 37.7. The number of fused-ring (bicyclic) bond motifs is 1. The van der Waals surface area contributed by atoms with Crippen molar-refractivity contribution >= 4 is 47.0 Å². The van der Waals surface area contributed by atoms with Crippen molar-refractivity contribution in [3.8, 4) is 0 Å². The Morgan fingerprint density at radius 1 is 0.980 bits per heavy atom. The van der Waals surface area contributed by atoms with Crippen LogP contribution in [-0.2, 0) is 41.6 Å². The second-order valence-electron chi connectivity index (χ2n) is 13.8. The molecular weight excluding hydrogens is 650 g/mol. The molecule has 4 atom stereocenters. The van der Waals surface area contributed by atoms with E-state index in [1.165, 1.54) is 4.90 Å². The topological polar surface area (TPSA) is 146 Å². The molecule has 0 aliphatic carbocycles. The molecule has 1 saturated heterocycles. The summed E-state index contributed by atoms with van der Waals surface area (Å²) < 4.78 is 11.0. The third-order valence-corrected chi connectivity index (χ3v) is 8.78. The predicted octanol–water partition coefficient (Wildman–Crippen LogP) is 4.36. The second-order valence-corrected chi connectivity index (χ2v) is 14.2. The maximum absolute atomic E-state index is 14.0. The lowest BCUT2D eigenvalue weighted by atomic mass is 9.92. The molecule has 3 N–H and O–H groups in total. The number of benzene rings is 2. The van der Waals surface area contributed by atoms with Gasteiger partial charge in [-0.05, 0) is 82.9 Å². The molecule has 2 aromatic rings. The van der Waals surface area contributed by atoms with Gasteiger partial charge in [-0.1, -0.05) is 35.9 Å². The number of rotatable bonds is 10. The number of carbonyl (C=O) groups excluding carboxylic acids is 5. The maximum Gasteiger partial charge on any atom is 0.407 e. The molecule has 5 amide bonds. The Bertz CT molecular complexity index is 1530. The van der Waals surface area contributed by atoms with E-state index in [4.69, 9.17) is 21.1 Å². The third kappa shape index (κ3) is 10.9. The van der Waals surface area contributed by atoms with Crippen molar-refractivity contribution in [1.82, 2.24) is 20.4 Å². The Kier molecular flexibility index (Phi) is 12.7.